The molecule has 2 rings (SSSR count). The van der Waals surface area contributed by atoms with E-state index in [2.05, 4.69) is 5.32 Å². The molecule has 1 aliphatic heterocycles. The van der Waals surface area contributed by atoms with Gasteiger partial charge in [-0.2, -0.15) is 0 Å². The molecule has 1 aromatic carbocycles. The monoisotopic (exact) mass is 338 g/mol. The second-order valence-electron chi connectivity index (χ2n) is 6.07. The number of nitrogens with zero attached hydrogens (tertiary/aromatic N) is 1. The van der Waals surface area contributed by atoms with Gasteiger partial charge in [-0.1, -0.05) is 37.9 Å². The van der Waals surface area contributed by atoms with Crippen molar-refractivity contribution in [2.45, 2.75) is 32.7 Å². The zero-order chi connectivity index (χ0) is 17.0. The average Bonchev–Trinajstić information content (AvgIpc) is 2.93. The van der Waals surface area contributed by atoms with Crippen LogP contribution in [-0.4, -0.2) is 36.1 Å². The molecule has 0 bridgehead atoms. The number of amides is 2. The van der Waals surface area contributed by atoms with E-state index in [0.717, 1.165) is 6.42 Å². The highest BCUT2D eigenvalue weighted by molar-refractivity contribution is 6.30. The molecule has 0 spiro atoms. The first-order valence-corrected chi connectivity index (χ1v) is 8.31. The molecule has 1 fully saturated rings. The van der Waals surface area contributed by atoms with Gasteiger partial charge in [0.05, 0.1) is 18.6 Å². The summed E-state index contributed by atoms with van der Waals surface area (Å²) in [5.74, 6) is -0.483. The van der Waals surface area contributed by atoms with Gasteiger partial charge >= 0.3 is 0 Å². The minimum Gasteiger partial charge on any atom is -0.394 e. The fraction of sp³-hybridized carbons (Fsp3) is 0.529. The maximum atomic E-state index is 12.4. The number of nitrogens with one attached hydrogen (secondary N) is 1. The quantitative estimate of drug-likeness (QED) is 0.835. The van der Waals surface area contributed by atoms with Crippen LogP contribution in [0.25, 0.3) is 0 Å². The van der Waals surface area contributed by atoms with E-state index in [1.165, 1.54) is 0 Å². The van der Waals surface area contributed by atoms with Crippen molar-refractivity contribution in [1.29, 1.82) is 0 Å². The lowest BCUT2D eigenvalue weighted by Gasteiger charge is -2.24. The Labute approximate surface area is 141 Å². The number of anilines is 1. The number of aliphatic hydroxyl groups is 1. The molecule has 1 aliphatic rings. The van der Waals surface area contributed by atoms with E-state index in [0.29, 0.717) is 17.3 Å². The number of carbonyl (C=O) groups excluding carboxylic acids is 2. The highest BCUT2D eigenvalue weighted by Crippen LogP contribution is 2.27. The van der Waals surface area contributed by atoms with E-state index in [4.69, 9.17) is 11.6 Å². The van der Waals surface area contributed by atoms with Crippen LogP contribution in [0.3, 0.4) is 0 Å². The summed E-state index contributed by atoms with van der Waals surface area (Å²) in [6.07, 6.45) is 1.04. The summed E-state index contributed by atoms with van der Waals surface area (Å²) in [4.78, 5) is 26.2. The summed E-state index contributed by atoms with van der Waals surface area (Å²) in [7, 11) is 0. The first kappa shape index (κ1) is 17.8. The Morgan fingerprint density at radius 2 is 2.26 bits per heavy atom. The molecule has 1 heterocycles. The Hall–Kier alpha value is -1.59. The Kier molecular flexibility index (Phi) is 6.02. The lowest BCUT2D eigenvalue weighted by molar-refractivity contribution is -0.127. The summed E-state index contributed by atoms with van der Waals surface area (Å²) in [5, 5.41) is 12.9. The molecule has 0 aromatic heterocycles. The largest absolute Gasteiger partial charge is 0.394 e. The summed E-state index contributed by atoms with van der Waals surface area (Å²) in [5.41, 5.74) is 0.707. The Morgan fingerprint density at radius 3 is 2.87 bits per heavy atom. The number of hydrogen-bond donors (Lipinski definition) is 2. The molecule has 0 aliphatic carbocycles. The van der Waals surface area contributed by atoms with Crippen molar-refractivity contribution in [3.8, 4) is 0 Å². The second-order valence-corrected chi connectivity index (χ2v) is 6.50. The normalized spacial score (nSPS) is 20.4. The second kappa shape index (κ2) is 7.79. The van der Waals surface area contributed by atoms with Crippen LogP contribution >= 0.6 is 11.6 Å². The summed E-state index contributed by atoms with van der Waals surface area (Å²) in [6, 6.07) is 6.77. The van der Waals surface area contributed by atoms with E-state index < -0.39 is 5.92 Å². The van der Waals surface area contributed by atoms with Crippen LogP contribution in [0.5, 0.6) is 0 Å². The van der Waals surface area contributed by atoms with Crippen LogP contribution in [-0.2, 0) is 9.59 Å². The van der Waals surface area contributed by atoms with Gasteiger partial charge < -0.3 is 15.3 Å². The predicted molar refractivity (Wildman–Crippen MR) is 90.4 cm³/mol. The van der Waals surface area contributed by atoms with Crippen molar-refractivity contribution in [3.63, 3.8) is 0 Å². The predicted octanol–water partition coefficient (Wildman–Crippen LogP) is 2.22. The van der Waals surface area contributed by atoms with Crippen molar-refractivity contribution < 1.29 is 14.7 Å². The SMILES string of the molecule is CC[C@@H](C)[C@@H](CO)NC(=O)[C@H]1CC(=O)N(c2cccc(Cl)c2)C1. The average molecular weight is 339 g/mol. The van der Waals surface area contributed by atoms with Gasteiger partial charge in [0.2, 0.25) is 11.8 Å². The van der Waals surface area contributed by atoms with Crippen LogP contribution in [0.2, 0.25) is 5.02 Å². The Morgan fingerprint density at radius 1 is 1.52 bits per heavy atom. The molecule has 126 valence electrons. The highest BCUT2D eigenvalue weighted by Gasteiger charge is 2.36. The molecule has 1 aromatic rings. The molecule has 1 saturated heterocycles. The molecule has 0 saturated carbocycles. The lowest BCUT2D eigenvalue weighted by Crippen LogP contribution is -2.45. The van der Waals surface area contributed by atoms with Gasteiger partial charge in [-0.3, -0.25) is 9.59 Å². The van der Waals surface area contributed by atoms with Gasteiger partial charge in [0.1, 0.15) is 0 Å². The maximum Gasteiger partial charge on any atom is 0.227 e. The minimum absolute atomic E-state index is 0.0866. The number of benzene rings is 1. The van der Waals surface area contributed by atoms with Gasteiger partial charge in [0.15, 0.2) is 0 Å². The van der Waals surface area contributed by atoms with Gasteiger partial charge in [-0.05, 0) is 24.1 Å². The molecule has 0 radical (unpaired) electrons. The van der Waals surface area contributed by atoms with Crippen LogP contribution in [0.15, 0.2) is 24.3 Å². The van der Waals surface area contributed by atoms with Crippen molar-refractivity contribution in [3.05, 3.63) is 29.3 Å². The summed E-state index contributed by atoms with van der Waals surface area (Å²) < 4.78 is 0. The molecular formula is C17H23ClN2O3. The topological polar surface area (TPSA) is 69.6 Å². The fourth-order valence-electron chi connectivity index (χ4n) is 2.73. The van der Waals surface area contributed by atoms with Crippen molar-refractivity contribution in [1.82, 2.24) is 5.32 Å². The highest BCUT2D eigenvalue weighted by atomic mass is 35.5. The Bertz CT molecular complexity index is 579. The molecule has 2 N–H and O–H groups in total. The third kappa shape index (κ3) is 4.24. The maximum absolute atomic E-state index is 12.4. The molecule has 5 nitrogen and oxygen atoms in total. The summed E-state index contributed by atoms with van der Waals surface area (Å²) >= 11 is 5.96. The van der Waals surface area contributed by atoms with E-state index in [1.807, 2.05) is 13.8 Å². The zero-order valence-electron chi connectivity index (χ0n) is 13.5. The smallest absolute Gasteiger partial charge is 0.227 e. The van der Waals surface area contributed by atoms with Crippen LogP contribution in [0.4, 0.5) is 5.69 Å². The third-order valence-electron chi connectivity index (χ3n) is 4.47. The zero-order valence-corrected chi connectivity index (χ0v) is 14.2. The van der Waals surface area contributed by atoms with Crippen LogP contribution in [0, 0.1) is 11.8 Å². The van der Waals surface area contributed by atoms with Crippen LogP contribution in [0.1, 0.15) is 26.7 Å². The fourth-order valence-corrected chi connectivity index (χ4v) is 2.91. The Balaban J connectivity index is 2.03. The molecule has 2 amide bonds. The molecule has 0 unspecified atom stereocenters. The van der Waals surface area contributed by atoms with Crippen molar-refractivity contribution in [2.75, 3.05) is 18.1 Å². The number of rotatable bonds is 6. The van der Waals surface area contributed by atoms with Gasteiger partial charge in [-0.15, -0.1) is 0 Å². The first-order chi connectivity index (χ1) is 11.0. The van der Waals surface area contributed by atoms with Gasteiger partial charge in [0.25, 0.3) is 0 Å². The summed E-state index contributed by atoms with van der Waals surface area (Å²) in [6.45, 7) is 4.24. The first-order valence-electron chi connectivity index (χ1n) is 7.93. The number of halogens is 1. The van der Waals surface area contributed by atoms with Crippen molar-refractivity contribution in [2.24, 2.45) is 11.8 Å². The molecule has 3 atom stereocenters. The standard InChI is InChI=1S/C17H23ClN2O3/c1-3-11(2)15(10-21)19-17(23)12-7-16(22)20(9-12)14-6-4-5-13(18)8-14/h4-6,8,11-12,15,21H,3,7,9-10H2,1-2H3,(H,19,23)/t11-,12+,15-/m1/s1. The molecular weight excluding hydrogens is 316 g/mol. The van der Waals surface area contributed by atoms with Crippen molar-refractivity contribution >= 4 is 29.1 Å². The van der Waals surface area contributed by atoms with E-state index in [-0.39, 0.29) is 36.8 Å². The lowest BCUT2D eigenvalue weighted by atomic mass is 9.98. The van der Waals surface area contributed by atoms with E-state index in [9.17, 15) is 14.7 Å². The van der Waals surface area contributed by atoms with Gasteiger partial charge in [0, 0.05) is 23.7 Å². The minimum atomic E-state index is -0.403. The van der Waals surface area contributed by atoms with E-state index >= 15 is 0 Å². The van der Waals surface area contributed by atoms with E-state index in [1.54, 1.807) is 29.2 Å². The molecule has 23 heavy (non-hydrogen) atoms. The number of hydrogen-bond acceptors (Lipinski definition) is 3. The number of aliphatic hydroxyl groups excluding tert-OH is 1. The molecule has 6 heteroatoms. The number of carbonyl (C=O) groups is 2. The van der Waals surface area contributed by atoms with Gasteiger partial charge in [-0.25, -0.2) is 0 Å². The third-order valence-corrected chi connectivity index (χ3v) is 4.71. The van der Waals surface area contributed by atoms with Crippen LogP contribution < -0.4 is 10.2 Å².